The second-order valence-corrected chi connectivity index (χ2v) is 5.34. The lowest BCUT2D eigenvalue weighted by Crippen LogP contribution is -2.19. The first-order chi connectivity index (χ1) is 11.2. The summed E-state index contributed by atoms with van der Waals surface area (Å²) in [6.07, 6.45) is 1.12. The third-order valence-electron chi connectivity index (χ3n) is 3.76. The summed E-state index contributed by atoms with van der Waals surface area (Å²) in [7, 11) is 0. The molecule has 0 fully saturated rings. The molecule has 3 rings (SSSR count). The van der Waals surface area contributed by atoms with Crippen LogP contribution in [-0.4, -0.2) is 10.5 Å². The summed E-state index contributed by atoms with van der Waals surface area (Å²) >= 11 is 0. The number of fused-ring (bicyclic) bond motifs is 1. The molecule has 1 heterocycles. The van der Waals surface area contributed by atoms with Crippen molar-refractivity contribution in [1.82, 2.24) is 4.57 Å². The van der Waals surface area contributed by atoms with Crippen LogP contribution in [0, 0.1) is 0 Å². The van der Waals surface area contributed by atoms with E-state index in [-0.39, 0.29) is 18.9 Å². The minimum atomic E-state index is -0.438. The van der Waals surface area contributed by atoms with Crippen molar-refractivity contribution in [3.8, 4) is 0 Å². The first-order valence-electron chi connectivity index (χ1n) is 7.64. The lowest BCUT2D eigenvalue weighted by atomic mass is 10.1. The lowest BCUT2D eigenvalue weighted by molar-refractivity contribution is -0.116. The van der Waals surface area contributed by atoms with Crippen LogP contribution < -0.4 is 11.1 Å². The third-order valence-corrected chi connectivity index (χ3v) is 3.76. The molecule has 23 heavy (non-hydrogen) atoms. The summed E-state index contributed by atoms with van der Waals surface area (Å²) in [5, 5.41) is 2.86. The number of aryl methyl sites for hydroxylation is 2. The minimum absolute atomic E-state index is 0.129. The number of aromatic nitrogens is 1. The van der Waals surface area contributed by atoms with E-state index < -0.39 is 5.76 Å². The number of nitrogens with one attached hydrogen (secondary N) is 1. The predicted molar refractivity (Wildman–Crippen MR) is 89.5 cm³/mol. The lowest BCUT2D eigenvalue weighted by Gasteiger charge is -2.07. The van der Waals surface area contributed by atoms with Gasteiger partial charge in [0.25, 0.3) is 0 Å². The minimum Gasteiger partial charge on any atom is -0.408 e. The Balaban J connectivity index is 1.68. The van der Waals surface area contributed by atoms with Crippen LogP contribution in [0.15, 0.2) is 57.7 Å². The smallest absolute Gasteiger partial charge is 0.408 e. The van der Waals surface area contributed by atoms with Crippen molar-refractivity contribution in [1.29, 1.82) is 0 Å². The van der Waals surface area contributed by atoms with Gasteiger partial charge in [-0.25, -0.2) is 4.79 Å². The van der Waals surface area contributed by atoms with Crippen LogP contribution in [0.5, 0.6) is 0 Å². The highest BCUT2D eigenvalue weighted by molar-refractivity contribution is 5.90. The van der Waals surface area contributed by atoms with Gasteiger partial charge in [-0.3, -0.25) is 9.36 Å². The molecule has 0 saturated heterocycles. The van der Waals surface area contributed by atoms with Gasteiger partial charge in [0.05, 0.1) is 5.52 Å². The molecular formula is C18H18N2O3. The maximum absolute atomic E-state index is 12.1. The molecule has 0 saturated carbocycles. The Morgan fingerprint density at radius 1 is 1.17 bits per heavy atom. The van der Waals surface area contributed by atoms with Gasteiger partial charge in [0.2, 0.25) is 5.91 Å². The van der Waals surface area contributed by atoms with Gasteiger partial charge >= 0.3 is 5.76 Å². The fourth-order valence-electron chi connectivity index (χ4n) is 2.53. The largest absolute Gasteiger partial charge is 0.419 e. The Bertz CT molecular complexity index is 892. The van der Waals surface area contributed by atoms with Crippen LogP contribution in [0.25, 0.3) is 11.1 Å². The fraction of sp³-hybridized carbons (Fsp3) is 0.222. The standard InChI is InChI=1S/C18H18N2O3/c1-2-13-6-5-7-14(12-13)19-17(21)10-11-20-15-8-3-4-9-16(15)23-18(20)22/h3-9,12H,2,10-11H2,1H3,(H,19,21). The summed E-state index contributed by atoms with van der Waals surface area (Å²) in [6.45, 7) is 2.35. The average molecular weight is 310 g/mol. The molecule has 5 heteroatoms. The zero-order valence-electron chi connectivity index (χ0n) is 12.9. The zero-order chi connectivity index (χ0) is 16.2. The van der Waals surface area contributed by atoms with Crippen molar-refractivity contribution in [2.24, 2.45) is 0 Å². The molecule has 5 nitrogen and oxygen atoms in total. The number of nitrogens with zero attached hydrogens (tertiary/aromatic N) is 1. The van der Waals surface area contributed by atoms with Crippen molar-refractivity contribution in [2.45, 2.75) is 26.3 Å². The molecule has 1 amide bonds. The number of hydrogen-bond donors (Lipinski definition) is 1. The van der Waals surface area contributed by atoms with Crippen molar-refractivity contribution in [3.63, 3.8) is 0 Å². The van der Waals surface area contributed by atoms with E-state index in [2.05, 4.69) is 12.2 Å². The molecule has 1 N–H and O–H groups in total. The van der Waals surface area contributed by atoms with Gasteiger partial charge in [-0.05, 0) is 36.2 Å². The maximum atomic E-state index is 12.1. The van der Waals surface area contributed by atoms with E-state index in [0.717, 1.165) is 12.1 Å². The Labute approximate surface area is 133 Å². The predicted octanol–water partition coefficient (Wildman–Crippen LogP) is 3.19. The molecule has 0 aliphatic rings. The van der Waals surface area contributed by atoms with Gasteiger partial charge < -0.3 is 9.73 Å². The number of oxazole rings is 1. The van der Waals surface area contributed by atoms with Crippen molar-refractivity contribution in [3.05, 3.63) is 64.6 Å². The topological polar surface area (TPSA) is 64.2 Å². The number of rotatable bonds is 5. The van der Waals surface area contributed by atoms with Crippen LogP contribution in [0.4, 0.5) is 5.69 Å². The van der Waals surface area contributed by atoms with Gasteiger partial charge in [-0.15, -0.1) is 0 Å². The normalized spacial score (nSPS) is 10.8. The highest BCUT2D eigenvalue weighted by Gasteiger charge is 2.10. The van der Waals surface area contributed by atoms with Gasteiger partial charge in [0, 0.05) is 18.7 Å². The third kappa shape index (κ3) is 3.34. The Hall–Kier alpha value is -2.82. The van der Waals surface area contributed by atoms with E-state index in [1.54, 1.807) is 6.07 Å². The molecule has 0 atom stereocenters. The number of anilines is 1. The molecule has 2 aromatic carbocycles. The van der Waals surface area contributed by atoms with E-state index in [0.29, 0.717) is 11.1 Å². The van der Waals surface area contributed by atoms with Crippen LogP contribution in [0.1, 0.15) is 18.9 Å². The second-order valence-electron chi connectivity index (χ2n) is 5.34. The molecule has 0 spiro atoms. The maximum Gasteiger partial charge on any atom is 0.419 e. The van der Waals surface area contributed by atoms with Crippen molar-refractivity contribution < 1.29 is 9.21 Å². The summed E-state index contributed by atoms with van der Waals surface area (Å²) in [6, 6.07) is 14.9. The van der Waals surface area contributed by atoms with E-state index in [9.17, 15) is 9.59 Å². The molecule has 1 aromatic heterocycles. The van der Waals surface area contributed by atoms with Gasteiger partial charge in [0.1, 0.15) is 0 Å². The highest BCUT2D eigenvalue weighted by atomic mass is 16.4. The van der Waals surface area contributed by atoms with Crippen molar-refractivity contribution in [2.75, 3.05) is 5.32 Å². The molecule has 118 valence electrons. The molecule has 0 aliphatic heterocycles. The van der Waals surface area contributed by atoms with Crippen molar-refractivity contribution >= 4 is 22.7 Å². The number of amides is 1. The Kier molecular flexibility index (Phi) is 4.28. The molecule has 0 bridgehead atoms. The van der Waals surface area contributed by atoms with E-state index in [1.807, 2.05) is 42.5 Å². The number of hydrogen-bond acceptors (Lipinski definition) is 3. The number of carbonyl (C=O) groups is 1. The van der Waals surface area contributed by atoms with Gasteiger partial charge in [-0.2, -0.15) is 0 Å². The van der Waals surface area contributed by atoms with Gasteiger partial charge in [0.15, 0.2) is 5.58 Å². The number of carbonyl (C=O) groups excluding carboxylic acids is 1. The van der Waals surface area contributed by atoms with E-state index in [4.69, 9.17) is 4.42 Å². The molecule has 0 aliphatic carbocycles. The number of para-hydroxylation sites is 2. The summed E-state index contributed by atoms with van der Waals surface area (Å²) in [4.78, 5) is 24.0. The highest BCUT2D eigenvalue weighted by Crippen LogP contribution is 2.13. The van der Waals surface area contributed by atoms with Gasteiger partial charge in [-0.1, -0.05) is 31.2 Å². The summed E-state index contributed by atoms with van der Waals surface area (Å²) in [5.74, 6) is -0.567. The molecular weight excluding hydrogens is 292 g/mol. The molecule has 0 radical (unpaired) electrons. The SMILES string of the molecule is CCc1cccc(NC(=O)CCn2c(=O)oc3ccccc32)c1. The Morgan fingerprint density at radius 3 is 2.83 bits per heavy atom. The second kappa shape index (κ2) is 6.52. The van der Waals surface area contributed by atoms with Crippen LogP contribution in [0.2, 0.25) is 0 Å². The van der Waals surface area contributed by atoms with Crippen LogP contribution in [0.3, 0.4) is 0 Å². The first-order valence-corrected chi connectivity index (χ1v) is 7.64. The quantitative estimate of drug-likeness (QED) is 0.787. The number of benzene rings is 2. The first kappa shape index (κ1) is 15.1. The summed E-state index contributed by atoms with van der Waals surface area (Å²) in [5.41, 5.74) is 3.19. The fourth-order valence-corrected chi connectivity index (χ4v) is 2.53. The monoisotopic (exact) mass is 310 g/mol. The molecule has 3 aromatic rings. The zero-order valence-corrected chi connectivity index (χ0v) is 12.9. The molecule has 0 unspecified atom stereocenters. The van der Waals surface area contributed by atoms with Crippen LogP contribution >= 0.6 is 0 Å². The Morgan fingerprint density at radius 2 is 2.00 bits per heavy atom. The average Bonchev–Trinajstić information content (AvgIpc) is 2.88. The van der Waals surface area contributed by atoms with Crippen LogP contribution in [-0.2, 0) is 17.8 Å². The van der Waals surface area contributed by atoms with E-state index >= 15 is 0 Å². The van der Waals surface area contributed by atoms with E-state index in [1.165, 1.54) is 10.1 Å². The summed E-state index contributed by atoms with van der Waals surface area (Å²) < 4.78 is 6.64.